The van der Waals surface area contributed by atoms with Crippen molar-refractivity contribution < 1.29 is 14.3 Å². The van der Waals surface area contributed by atoms with Crippen LogP contribution in [-0.2, 0) is 6.42 Å². The number of pyridine rings is 1. The van der Waals surface area contributed by atoms with Gasteiger partial charge in [0.25, 0.3) is 5.56 Å². The van der Waals surface area contributed by atoms with Gasteiger partial charge in [-0.2, -0.15) is 0 Å². The van der Waals surface area contributed by atoms with E-state index in [1.807, 2.05) is 6.92 Å². The second-order valence-electron chi connectivity index (χ2n) is 5.10. The zero-order valence-corrected chi connectivity index (χ0v) is 12.4. The van der Waals surface area contributed by atoms with Gasteiger partial charge in [-0.05, 0) is 37.1 Å². The fourth-order valence-electron chi connectivity index (χ4n) is 2.66. The number of anilines is 1. The first-order valence-corrected chi connectivity index (χ1v) is 6.98. The van der Waals surface area contributed by atoms with Crippen LogP contribution in [0.15, 0.2) is 23.0 Å². The lowest BCUT2D eigenvalue weighted by atomic mass is 9.95. The normalized spacial score (nSPS) is 12.5. The van der Waals surface area contributed by atoms with Gasteiger partial charge >= 0.3 is 0 Å². The molecule has 3 rings (SSSR count). The van der Waals surface area contributed by atoms with Crippen molar-refractivity contribution in [1.29, 1.82) is 0 Å². The summed E-state index contributed by atoms with van der Waals surface area (Å²) in [6, 6.07) is 4.93. The Bertz CT molecular complexity index is 824. The van der Waals surface area contributed by atoms with Crippen LogP contribution in [0.25, 0.3) is 0 Å². The molecule has 0 saturated heterocycles. The molecule has 0 bridgehead atoms. The number of hydrogen-bond donors (Lipinski definition) is 2. The van der Waals surface area contributed by atoms with Gasteiger partial charge in [0.1, 0.15) is 5.69 Å². The van der Waals surface area contributed by atoms with E-state index in [0.29, 0.717) is 29.2 Å². The highest BCUT2D eigenvalue weighted by Gasteiger charge is 2.23. The minimum atomic E-state index is -0.446. The summed E-state index contributed by atoms with van der Waals surface area (Å²) >= 11 is 0. The number of aryl methyl sites for hydroxylation is 1. The molecule has 22 heavy (non-hydrogen) atoms. The van der Waals surface area contributed by atoms with Gasteiger partial charge < -0.3 is 20.2 Å². The highest BCUT2D eigenvalue weighted by molar-refractivity contribution is 6.13. The highest BCUT2D eigenvalue weighted by atomic mass is 16.7. The molecule has 1 aliphatic heterocycles. The molecule has 6 heteroatoms. The third kappa shape index (κ3) is 2.13. The molecule has 0 saturated carbocycles. The molecule has 2 heterocycles. The van der Waals surface area contributed by atoms with Crippen molar-refractivity contribution in [3.63, 3.8) is 0 Å². The molecule has 0 atom stereocenters. The Labute approximate surface area is 126 Å². The number of nitrogens with one attached hydrogen (secondary N) is 1. The maximum atomic E-state index is 12.8. The Morgan fingerprint density at radius 2 is 2.05 bits per heavy atom. The van der Waals surface area contributed by atoms with E-state index in [9.17, 15) is 9.59 Å². The van der Waals surface area contributed by atoms with Gasteiger partial charge in [-0.1, -0.05) is 6.92 Å². The van der Waals surface area contributed by atoms with Crippen LogP contribution in [0.4, 0.5) is 5.69 Å². The fourth-order valence-corrected chi connectivity index (χ4v) is 2.66. The predicted octanol–water partition coefficient (Wildman–Crippen LogP) is 1.79. The first-order chi connectivity index (χ1) is 10.5. The molecular formula is C16H16N2O4. The van der Waals surface area contributed by atoms with Crippen LogP contribution in [0.1, 0.15) is 34.1 Å². The summed E-state index contributed by atoms with van der Waals surface area (Å²) < 4.78 is 10.5. The number of aromatic amines is 1. The lowest BCUT2D eigenvalue weighted by molar-refractivity contribution is 0.103. The van der Waals surface area contributed by atoms with E-state index in [2.05, 4.69) is 4.98 Å². The summed E-state index contributed by atoms with van der Waals surface area (Å²) in [5.41, 5.74) is 7.45. The number of ether oxygens (including phenoxy) is 2. The average Bonchev–Trinajstić information content (AvgIpc) is 2.97. The van der Waals surface area contributed by atoms with E-state index in [-0.39, 0.29) is 23.8 Å². The third-order valence-electron chi connectivity index (χ3n) is 3.78. The Morgan fingerprint density at radius 3 is 2.77 bits per heavy atom. The second kappa shape index (κ2) is 5.22. The smallest absolute Gasteiger partial charge is 0.272 e. The molecule has 114 valence electrons. The maximum Gasteiger partial charge on any atom is 0.272 e. The topological polar surface area (TPSA) is 94.4 Å². The standard InChI is InChI=1S/C16H16N2O4/c1-3-10-8(2)18-16(20)14(17)13(10)15(19)9-4-5-11-12(6-9)22-7-21-11/h4-6H,3,7,17H2,1-2H3,(H,18,20). The van der Waals surface area contributed by atoms with E-state index in [1.54, 1.807) is 25.1 Å². The molecule has 1 aromatic heterocycles. The third-order valence-corrected chi connectivity index (χ3v) is 3.78. The van der Waals surface area contributed by atoms with E-state index >= 15 is 0 Å². The molecule has 1 aliphatic rings. The van der Waals surface area contributed by atoms with E-state index < -0.39 is 5.56 Å². The Kier molecular flexibility index (Phi) is 3.36. The molecule has 2 aromatic rings. The second-order valence-corrected chi connectivity index (χ2v) is 5.10. The number of carbonyl (C=O) groups is 1. The van der Waals surface area contributed by atoms with Crippen LogP contribution in [0.5, 0.6) is 11.5 Å². The van der Waals surface area contributed by atoms with E-state index in [1.165, 1.54) is 0 Å². The molecular weight excluding hydrogens is 284 g/mol. The van der Waals surface area contributed by atoms with Crippen molar-refractivity contribution in [2.24, 2.45) is 0 Å². The monoisotopic (exact) mass is 300 g/mol. The first kappa shape index (κ1) is 14.2. The quantitative estimate of drug-likeness (QED) is 0.843. The van der Waals surface area contributed by atoms with Crippen molar-refractivity contribution in [2.75, 3.05) is 12.5 Å². The molecule has 1 aromatic carbocycles. The number of aromatic nitrogens is 1. The first-order valence-electron chi connectivity index (χ1n) is 6.98. The average molecular weight is 300 g/mol. The van der Waals surface area contributed by atoms with Crippen LogP contribution in [0.2, 0.25) is 0 Å². The lowest BCUT2D eigenvalue weighted by Gasteiger charge is -2.12. The van der Waals surface area contributed by atoms with Crippen molar-refractivity contribution in [3.8, 4) is 11.5 Å². The number of H-pyrrole nitrogens is 1. The highest BCUT2D eigenvalue weighted by Crippen LogP contribution is 2.33. The van der Waals surface area contributed by atoms with E-state index in [4.69, 9.17) is 15.2 Å². The van der Waals surface area contributed by atoms with Gasteiger partial charge in [-0.15, -0.1) is 0 Å². The Balaban J connectivity index is 2.15. The molecule has 0 spiro atoms. The van der Waals surface area contributed by atoms with Gasteiger partial charge in [-0.25, -0.2) is 0 Å². The molecule has 3 N–H and O–H groups in total. The number of hydrogen-bond acceptors (Lipinski definition) is 5. The van der Waals surface area contributed by atoms with Gasteiger partial charge in [0.15, 0.2) is 17.3 Å². The Hall–Kier alpha value is -2.76. The number of rotatable bonds is 3. The van der Waals surface area contributed by atoms with Gasteiger partial charge in [0, 0.05) is 11.3 Å². The van der Waals surface area contributed by atoms with Crippen LogP contribution in [0, 0.1) is 6.92 Å². The zero-order valence-electron chi connectivity index (χ0n) is 12.4. The van der Waals surface area contributed by atoms with Crippen molar-refractivity contribution in [2.45, 2.75) is 20.3 Å². The number of ketones is 1. The number of nitrogen functional groups attached to an aromatic ring is 1. The molecule has 0 aliphatic carbocycles. The number of benzene rings is 1. The number of fused-ring (bicyclic) bond motifs is 1. The summed E-state index contributed by atoms with van der Waals surface area (Å²) in [5.74, 6) is 0.827. The van der Waals surface area contributed by atoms with Crippen molar-refractivity contribution in [1.82, 2.24) is 4.98 Å². The SMILES string of the molecule is CCc1c(C)[nH]c(=O)c(N)c1C(=O)c1ccc2c(c1)OCO2. The largest absolute Gasteiger partial charge is 0.454 e. The van der Waals surface area contributed by atoms with Crippen LogP contribution in [-0.4, -0.2) is 17.6 Å². The molecule has 0 unspecified atom stereocenters. The van der Waals surface area contributed by atoms with Crippen LogP contribution in [0.3, 0.4) is 0 Å². The van der Waals surface area contributed by atoms with Gasteiger partial charge in [0.2, 0.25) is 6.79 Å². The lowest BCUT2D eigenvalue weighted by Crippen LogP contribution is -2.21. The molecule has 0 radical (unpaired) electrons. The summed E-state index contributed by atoms with van der Waals surface area (Å²) in [4.78, 5) is 27.4. The summed E-state index contributed by atoms with van der Waals surface area (Å²) in [6.07, 6.45) is 0.596. The van der Waals surface area contributed by atoms with Crippen LogP contribution < -0.4 is 20.8 Å². The maximum absolute atomic E-state index is 12.8. The minimum absolute atomic E-state index is 0.0508. The Morgan fingerprint density at radius 1 is 1.32 bits per heavy atom. The van der Waals surface area contributed by atoms with Gasteiger partial charge in [-0.3, -0.25) is 9.59 Å². The van der Waals surface area contributed by atoms with Crippen LogP contribution >= 0.6 is 0 Å². The molecule has 6 nitrogen and oxygen atoms in total. The summed E-state index contributed by atoms with van der Waals surface area (Å²) in [5, 5.41) is 0. The molecule has 0 fully saturated rings. The summed E-state index contributed by atoms with van der Waals surface area (Å²) in [7, 11) is 0. The van der Waals surface area contributed by atoms with Gasteiger partial charge in [0.05, 0.1) is 5.56 Å². The predicted molar refractivity (Wildman–Crippen MR) is 81.6 cm³/mol. The number of nitrogens with two attached hydrogens (primary N) is 1. The number of carbonyl (C=O) groups excluding carboxylic acids is 1. The van der Waals surface area contributed by atoms with Crippen molar-refractivity contribution >= 4 is 11.5 Å². The summed E-state index contributed by atoms with van der Waals surface area (Å²) in [6.45, 7) is 3.81. The molecule has 0 amide bonds. The van der Waals surface area contributed by atoms with Crippen molar-refractivity contribution in [3.05, 3.63) is 50.9 Å². The minimum Gasteiger partial charge on any atom is -0.454 e. The fraction of sp³-hybridized carbons (Fsp3) is 0.250. The van der Waals surface area contributed by atoms with E-state index in [0.717, 1.165) is 5.56 Å². The zero-order chi connectivity index (χ0) is 15.9.